The summed E-state index contributed by atoms with van der Waals surface area (Å²) in [6.45, 7) is 8.50. The summed E-state index contributed by atoms with van der Waals surface area (Å²) < 4.78 is 0. The van der Waals surface area contributed by atoms with Gasteiger partial charge >= 0.3 is 5.97 Å². The molecule has 0 radical (unpaired) electrons. The number of carbonyl (C=O) groups excluding carboxylic acids is 1. The highest BCUT2D eigenvalue weighted by molar-refractivity contribution is 5.81. The lowest BCUT2D eigenvalue weighted by atomic mass is 9.96. The van der Waals surface area contributed by atoms with Gasteiger partial charge in [-0.25, -0.2) is 0 Å². The number of hydrogen-bond acceptors (Lipinski definition) is 4. The molecule has 0 aromatic rings. The molecule has 1 heterocycles. The van der Waals surface area contributed by atoms with Gasteiger partial charge in [0.25, 0.3) is 0 Å². The van der Waals surface area contributed by atoms with E-state index in [2.05, 4.69) is 22.5 Å². The maximum atomic E-state index is 12.2. The number of likely N-dealkylation sites (tertiary alicyclic amines) is 1. The first-order valence-electron chi connectivity index (χ1n) is 7.91. The highest BCUT2D eigenvalue weighted by Gasteiger charge is 2.27. The van der Waals surface area contributed by atoms with Gasteiger partial charge in [-0.2, -0.15) is 0 Å². The molecule has 6 nitrogen and oxygen atoms in total. The molecule has 1 fully saturated rings. The van der Waals surface area contributed by atoms with Gasteiger partial charge in [0.15, 0.2) is 0 Å². The van der Waals surface area contributed by atoms with Crippen LogP contribution >= 0.6 is 0 Å². The Bertz CT molecular complexity index is 349. The molecule has 3 unspecified atom stereocenters. The molecule has 0 aliphatic carbocycles. The van der Waals surface area contributed by atoms with E-state index in [1.54, 1.807) is 0 Å². The molecule has 3 atom stereocenters. The second-order valence-electron chi connectivity index (χ2n) is 6.02. The highest BCUT2D eigenvalue weighted by atomic mass is 16.4. The number of nitrogens with one attached hydrogen (secondary N) is 2. The van der Waals surface area contributed by atoms with Gasteiger partial charge in [-0.15, -0.1) is 0 Å². The van der Waals surface area contributed by atoms with Crippen molar-refractivity contribution in [1.82, 2.24) is 15.5 Å². The van der Waals surface area contributed by atoms with E-state index in [0.717, 1.165) is 32.4 Å². The Morgan fingerprint density at radius 1 is 1.38 bits per heavy atom. The van der Waals surface area contributed by atoms with Crippen LogP contribution in [0.2, 0.25) is 0 Å². The first-order chi connectivity index (χ1) is 9.93. The Kier molecular flexibility index (Phi) is 7.67. The van der Waals surface area contributed by atoms with Gasteiger partial charge in [-0.1, -0.05) is 6.92 Å². The third-order valence-electron chi connectivity index (χ3n) is 4.19. The van der Waals surface area contributed by atoms with Crippen molar-refractivity contribution in [3.05, 3.63) is 0 Å². The van der Waals surface area contributed by atoms with Gasteiger partial charge in [0.1, 0.15) is 0 Å². The van der Waals surface area contributed by atoms with Crippen molar-refractivity contribution in [3.8, 4) is 0 Å². The Morgan fingerprint density at radius 3 is 2.71 bits per heavy atom. The summed E-state index contributed by atoms with van der Waals surface area (Å²) >= 11 is 0. The number of nitrogens with zero attached hydrogens (tertiary/aromatic N) is 1. The molecule has 1 aliphatic rings. The van der Waals surface area contributed by atoms with Crippen molar-refractivity contribution in [2.45, 2.75) is 52.1 Å². The first-order valence-corrected chi connectivity index (χ1v) is 7.91. The lowest BCUT2D eigenvalue weighted by Crippen LogP contribution is -2.51. The molecule has 0 aromatic heterocycles. The minimum absolute atomic E-state index is 0.000550. The average molecular weight is 299 g/mol. The minimum Gasteiger partial charge on any atom is -0.480 e. The topological polar surface area (TPSA) is 81.7 Å². The SMILES string of the molecule is CCC(C)NC(=O)C(C)N1CCCC(CNCC(=O)O)C1. The van der Waals surface area contributed by atoms with E-state index in [9.17, 15) is 9.59 Å². The van der Waals surface area contributed by atoms with Crippen LogP contribution in [-0.4, -0.2) is 60.1 Å². The Hall–Kier alpha value is -1.14. The number of carboxylic acid groups (broad SMARTS) is 1. The molecule has 1 rings (SSSR count). The van der Waals surface area contributed by atoms with Crippen LogP contribution in [0.25, 0.3) is 0 Å². The van der Waals surface area contributed by atoms with E-state index in [0.29, 0.717) is 12.5 Å². The summed E-state index contributed by atoms with van der Waals surface area (Å²) in [5.74, 6) is -0.329. The van der Waals surface area contributed by atoms with Gasteiger partial charge in [0.05, 0.1) is 12.6 Å². The van der Waals surface area contributed by atoms with E-state index in [1.807, 2.05) is 13.8 Å². The molecular weight excluding hydrogens is 270 g/mol. The predicted molar refractivity (Wildman–Crippen MR) is 82.2 cm³/mol. The smallest absolute Gasteiger partial charge is 0.317 e. The molecule has 21 heavy (non-hydrogen) atoms. The second kappa shape index (κ2) is 9.00. The van der Waals surface area contributed by atoms with Crippen LogP contribution in [-0.2, 0) is 9.59 Å². The van der Waals surface area contributed by atoms with Gasteiger partial charge in [-0.05, 0) is 52.1 Å². The van der Waals surface area contributed by atoms with E-state index in [1.165, 1.54) is 0 Å². The zero-order valence-corrected chi connectivity index (χ0v) is 13.4. The van der Waals surface area contributed by atoms with E-state index in [-0.39, 0.29) is 24.5 Å². The van der Waals surface area contributed by atoms with Crippen molar-refractivity contribution in [2.75, 3.05) is 26.2 Å². The van der Waals surface area contributed by atoms with Crippen molar-refractivity contribution in [3.63, 3.8) is 0 Å². The lowest BCUT2D eigenvalue weighted by Gasteiger charge is -2.36. The molecule has 1 amide bonds. The van der Waals surface area contributed by atoms with Crippen LogP contribution in [0.3, 0.4) is 0 Å². The van der Waals surface area contributed by atoms with Gasteiger partial charge in [-0.3, -0.25) is 14.5 Å². The quantitative estimate of drug-likeness (QED) is 0.614. The third-order valence-corrected chi connectivity index (χ3v) is 4.19. The average Bonchev–Trinajstić information content (AvgIpc) is 2.46. The van der Waals surface area contributed by atoms with Crippen LogP contribution in [0.1, 0.15) is 40.0 Å². The predicted octanol–water partition coefficient (Wildman–Crippen LogP) is 0.676. The number of rotatable bonds is 8. The number of amides is 1. The summed E-state index contributed by atoms with van der Waals surface area (Å²) in [4.78, 5) is 24.9. The molecule has 3 N–H and O–H groups in total. The molecule has 122 valence electrons. The van der Waals surface area contributed by atoms with Crippen molar-refractivity contribution in [2.24, 2.45) is 5.92 Å². The fourth-order valence-electron chi connectivity index (χ4n) is 2.63. The fourth-order valence-corrected chi connectivity index (χ4v) is 2.63. The summed E-state index contributed by atoms with van der Waals surface area (Å²) in [7, 11) is 0. The van der Waals surface area contributed by atoms with Crippen molar-refractivity contribution >= 4 is 11.9 Å². The number of carboxylic acids is 1. The lowest BCUT2D eigenvalue weighted by molar-refractivity contribution is -0.136. The Balaban J connectivity index is 2.40. The zero-order chi connectivity index (χ0) is 15.8. The maximum absolute atomic E-state index is 12.2. The monoisotopic (exact) mass is 299 g/mol. The van der Waals surface area contributed by atoms with Crippen LogP contribution < -0.4 is 10.6 Å². The van der Waals surface area contributed by atoms with E-state index in [4.69, 9.17) is 5.11 Å². The number of piperidine rings is 1. The maximum Gasteiger partial charge on any atom is 0.317 e. The molecule has 1 saturated heterocycles. The van der Waals surface area contributed by atoms with Crippen LogP contribution in [0, 0.1) is 5.92 Å². The van der Waals surface area contributed by atoms with Crippen molar-refractivity contribution < 1.29 is 14.7 Å². The van der Waals surface area contributed by atoms with Crippen LogP contribution in [0.5, 0.6) is 0 Å². The summed E-state index contributed by atoms with van der Waals surface area (Å²) in [5, 5.41) is 14.6. The van der Waals surface area contributed by atoms with E-state index >= 15 is 0 Å². The molecule has 6 heteroatoms. The van der Waals surface area contributed by atoms with E-state index < -0.39 is 5.97 Å². The molecule has 1 aliphatic heterocycles. The Morgan fingerprint density at radius 2 is 2.10 bits per heavy atom. The summed E-state index contributed by atoms with van der Waals surface area (Å²) in [6, 6.07) is 0.0824. The number of carbonyl (C=O) groups is 2. The zero-order valence-electron chi connectivity index (χ0n) is 13.4. The molecule has 0 aromatic carbocycles. The molecule has 0 bridgehead atoms. The normalized spacial score (nSPS) is 22.5. The molecule has 0 spiro atoms. The molecule has 0 saturated carbocycles. The number of aliphatic carboxylic acids is 1. The third kappa shape index (κ3) is 6.44. The fraction of sp³-hybridized carbons (Fsp3) is 0.867. The largest absolute Gasteiger partial charge is 0.480 e. The van der Waals surface area contributed by atoms with Gasteiger partial charge in [0.2, 0.25) is 5.91 Å². The molecular formula is C15H29N3O3. The van der Waals surface area contributed by atoms with Crippen LogP contribution in [0.15, 0.2) is 0 Å². The first kappa shape index (κ1) is 17.9. The standard InChI is InChI=1S/C15H29N3O3/c1-4-11(2)17-15(21)12(3)18-7-5-6-13(10-18)8-16-9-14(19)20/h11-13,16H,4-10H2,1-3H3,(H,17,21)(H,19,20). The second-order valence-corrected chi connectivity index (χ2v) is 6.02. The van der Waals surface area contributed by atoms with Gasteiger partial charge in [0, 0.05) is 12.6 Å². The van der Waals surface area contributed by atoms with Crippen LogP contribution in [0.4, 0.5) is 0 Å². The summed E-state index contributed by atoms with van der Waals surface area (Å²) in [5.41, 5.74) is 0. The Labute approximate surface area is 127 Å². The minimum atomic E-state index is -0.830. The van der Waals surface area contributed by atoms with Gasteiger partial charge < -0.3 is 15.7 Å². The summed E-state index contributed by atoms with van der Waals surface area (Å²) in [6.07, 6.45) is 3.07. The number of hydrogen-bond donors (Lipinski definition) is 3. The highest BCUT2D eigenvalue weighted by Crippen LogP contribution is 2.18. The van der Waals surface area contributed by atoms with Crippen molar-refractivity contribution in [1.29, 1.82) is 0 Å².